The average Bonchev–Trinajstić information content (AvgIpc) is 2.95. The number of fused-ring (bicyclic) bond motifs is 2. The largest absolute Gasteiger partial charge is 0.493 e. The number of para-hydroxylation sites is 1. The Morgan fingerprint density at radius 2 is 1.93 bits per heavy atom. The molecule has 0 aliphatic carbocycles. The van der Waals surface area contributed by atoms with Crippen molar-refractivity contribution in [3.05, 3.63) is 53.6 Å². The summed E-state index contributed by atoms with van der Waals surface area (Å²) in [6.07, 6.45) is 5.12. The van der Waals surface area contributed by atoms with Crippen LogP contribution < -0.4 is 9.47 Å². The van der Waals surface area contributed by atoms with Crippen LogP contribution in [0.25, 0.3) is 0 Å². The first-order valence-electron chi connectivity index (χ1n) is 9.53. The number of benzene rings is 2. The first kappa shape index (κ1) is 18.6. The average molecular weight is 390 g/mol. The molecule has 1 atom stereocenters. The van der Waals surface area contributed by atoms with E-state index in [1.165, 1.54) is 5.56 Å². The number of ether oxygens (including phenoxy) is 2. The summed E-state index contributed by atoms with van der Waals surface area (Å²) in [4.78, 5) is 0.685. The van der Waals surface area contributed by atoms with E-state index in [4.69, 9.17) is 9.47 Å². The highest BCUT2D eigenvalue weighted by molar-refractivity contribution is 8.22. The highest BCUT2D eigenvalue weighted by Crippen LogP contribution is 2.58. The number of hydrogen-bond acceptors (Lipinski definition) is 5. The van der Waals surface area contributed by atoms with Crippen molar-refractivity contribution in [2.75, 3.05) is 13.7 Å². The number of rotatable bonds is 6. The molecule has 0 amide bonds. The molecule has 0 saturated heterocycles. The van der Waals surface area contributed by atoms with Gasteiger partial charge in [-0.05, 0) is 55.4 Å². The van der Waals surface area contributed by atoms with Gasteiger partial charge in [-0.1, -0.05) is 30.3 Å². The fraction of sp³-hybridized carbons (Fsp3) is 0.429. The molecule has 6 heteroatoms. The number of aryl methyl sites for hydroxylation is 1. The molecule has 1 unspecified atom stereocenters. The molecule has 0 spiro atoms. The minimum atomic E-state index is -2.82. The number of nitrogens with zero attached hydrogens (tertiary/aromatic N) is 1. The van der Waals surface area contributed by atoms with Crippen molar-refractivity contribution in [3.63, 3.8) is 0 Å². The van der Waals surface area contributed by atoms with Crippen LogP contribution in [0, 0.1) is 0 Å². The Morgan fingerprint density at radius 3 is 2.74 bits per heavy atom. The van der Waals surface area contributed by atoms with E-state index in [-0.39, 0.29) is 6.10 Å². The molecule has 2 aliphatic heterocycles. The highest BCUT2D eigenvalue weighted by atomic mass is 32.3. The molecular weight excluding hydrogens is 362 g/mol. The number of methoxy groups -OCH3 is 1. The number of hydrogen-bond donors (Lipinski definition) is 2. The summed E-state index contributed by atoms with van der Waals surface area (Å²) in [7, 11) is -1.14. The molecule has 2 aliphatic rings. The van der Waals surface area contributed by atoms with Crippen molar-refractivity contribution in [1.29, 1.82) is 0 Å². The lowest BCUT2D eigenvalue weighted by molar-refractivity contribution is 0.153. The molecule has 4 rings (SSSR count). The molecule has 2 aromatic carbocycles. The van der Waals surface area contributed by atoms with Gasteiger partial charge in [0, 0.05) is 13.1 Å². The van der Waals surface area contributed by atoms with Gasteiger partial charge in [0.05, 0.1) is 18.1 Å². The molecule has 0 bridgehead atoms. The van der Waals surface area contributed by atoms with Crippen LogP contribution in [0.5, 0.6) is 11.5 Å². The van der Waals surface area contributed by atoms with Crippen LogP contribution >= 0.6 is 10.8 Å². The summed E-state index contributed by atoms with van der Waals surface area (Å²) in [6, 6.07) is 13.7. The lowest BCUT2D eigenvalue weighted by atomic mass is 9.98. The maximum absolute atomic E-state index is 10.5. The summed E-state index contributed by atoms with van der Waals surface area (Å²) >= 11 is 0. The van der Waals surface area contributed by atoms with Gasteiger partial charge in [0.25, 0.3) is 0 Å². The lowest BCUT2D eigenvalue weighted by Gasteiger charge is -2.37. The summed E-state index contributed by atoms with van der Waals surface area (Å²) in [5, 5.41) is 0. The van der Waals surface area contributed by atoms with Crippen LogP contribution in [0.15, 0.2) is 47.4 Å². The van der Waals surface area contributed by atoms with Crippen molar-refractivity contribution < 1.29 is 18.6 Å². The van der Waals surface area contributed by atoms with Crippen molar-refractivity contribution in [1.82, 2.24) is 4.31 Å². The zero-order valence-corrected chi connectivity index (χ0v) is 16.5. The Bertz CT molecular complexity index is 796. The molecule has 146 valence electrons. The molecule has 0 saturated carbocycles. The fourth-order valence-electron chi connectivity index (χ4n) is 3.99. The Labute approximate surface area is 162 Å². The number of unbranched alkanes of at least 4 members (excludes halogenated alkanes) is 1. The van der Waals surface area contributed by atoms with Gasteiger partial charge in [0.2, 0.25) is 0 Å². The third-order valence-electron chi connectivity index (χ3n) is 5.46. The molecule has 0 fully saturated rings. The van der Waals surface area contributed by atoms with E-state index >= 15 is 0 Å². The first-order valence-corrected chi connectivity index (χ1v) is 11.0. The highest BCUT2D eigenvalue weighted by Gasteiger charge is 2.34. The Morgan fingerprint density at radius 1 is 1.11 bits per heavy atom. The van der Waals surface area contributed by atoms with E-state index in [1.807, 2.05) is 40.7 Å². The van der Waals surface area contributed by atoms with Crippen LogP contribution in [0.4, 0.5) is 0 Å². The summed E-state index contributed by atoms with van der Waals surface area (Å²) in [5.74, 6) is 1.70. The molecule has 0 aromatic heterocycles. The maximum Gasteiger partial charge on any atom is 0.164 e. The smallest absolute Gasteiger partial charge is 0.164 e. The van der Waals surface area contributed by atoms with Crippen LogP contribution in [0.3, 0.4) is 0 Å². The zero-order valence-electron chi connectivity index (χ0n) is 15.6. The van der Waals surface area contributed by atoms with Crippen LogP contribution in [0.2, 0.25) is 0 Å². The molecular formula is C21H27NO4S. The third-order valence-corrected chi connectivity index (χ3v) is 7.48. The van der Waals surface area contributed by atoms with Crippen molar-refractivity contribution in [2.45, 2.75) is 49.6 Å². The Hall–Kier alpha value is -1.73. The third kappa shape index (κ3) is 3.67. The summed E-state index contributed by atoms with van der Waals surface area (Å²) in [6.45, 7) is 1.30. The van der Waals surface area contributed by atoms with Gasteiger partial charge in [-0.3, -0.25) is 9.11 Å². The van der Waals surface area contributed by atoms with Gasteiger partial charge >= 0.3 is 0 Å². The van der Waals surface area contributed by atoms with E-state index in [0.29, 0.717) is 18.0 Å². The van der Waals surface area contributed by atoms with Gasteiger partial charge < -0.3 is 9.47 Å². The van der Waals surface area contributed by atoms with Crippen LogP contribution in [-0.2, 0) is 13.0 Å². The van der Waals surface area contributed by atoms with E-state index < -0.39 is 10.8 Å². The maximum atomic E-state index is 10.5. The zero-order chi connectivity index (χ0) is 18.9. The second kappa shape index (κ2) is 7.72. The monoisotopic (exact) mass is 389 g/mol. The Balaban J connectivity index is 1.28. The van der Waals surface area contributed by atoms with Gasteiger partial charge in [-0.2, -0.15) is 4.31 Å². The lowest BCUT2D eigenvalue weighted by Crippen LogP contribution is -2.25. The SMILES string of the molecule is COc1cccc2c1OC(CCCCN1Cc3ccccc3S1(O)O)CC2. The molecule has 2 N–H and O–H groups in total. The molecule has 5 nitrogen and oxygen atoms in total. The van der Waals surface area contributed by atoms with Gasteiger partial charge in [0.1, 0.15) is 0 Å². The van der Waals surface area contributed by atoms with Gasteiger partial charge in [0.15, 0.2) is 11.5 Å². The normalized spacial score (nSPS) is 21.8. The summed E-state index contributed by atoms with van der Waals surface area (Å²) in [5.41, 5.74) is 2.24. The van der Waals surface area contributed by atoms with Crippen molar-refractivity contribution >= 4 is 10.8 Å². The van der Waals surface area contributed by atoms with Gasteiger partial charge in [-0.15, -0.1) is 10.8 Å². The van der Waals surface area contributed by atoms with E-state index in [0.717, 1.165) is 49.2 Å². The van der Waals surface area contributed by atoms with Crippen molar-refractivity contribution in [3.8, 4) is 11.5 Å². The second-order valence-electron chi connectivity index (χ2n) is 7.21. The van der Waals surface area contributed by atoms with E-state index in [1.54, 1.807) is 7.11 Å². The minimum Gasteiger partial charge on any atom is -0.493 e. The molecule has 27 heavy (non-hydrogen) atoms. The van der Waals surface area contributed by atoms with Crippen molar-refractivity contribution in [2.24, 2.45) is 0 Å². The second-order valence-corrected chi connectivity index (χ2v) is 9.21. The van der Waals surface area contributed by atoms with Crippen LogP contribution in [0.1, 0.15) is 36.8 Å². The molecule has 2 aromatic rings. The summed E-state index contributed by atoms with van der Waals surface area (Å²) < 4.78 is 34.5. The first-order chi connectivity index (χ1) is 13.1. The molecule has 2 heterocycles. The Kier molecular flexibility index (Phi) is 5.32. The molecule has 0 radical (unpaired) electrons. The topological polar surface area (TPSA) is 62.2 Å². The van der Waals surface area contributed by atoms with Crippen LogP contribution in [-0.4, -0.2) is 33.2 Å². The minimum absolute atomic E-state index is 0.199. The van der Waals surface area contributed by atoms with E-state index in [2.05, 4.69) is 6.07 Å². The fourth-order valence-corrected chi connectivity index (χ4v) is 5.71. The predicted molar refractivity (Wildman–Crippen MR) is 108 cm³/mol. The van der Waals surface area contributed by atoms with Gasteiger partial charge in [-0.25, -0.2) is 0 Å². The predicted octanol–water partition coefficient (Wildman–Crippen LogP) is 5.10. The standard InChI is InChI=1S/C21H27NO4S/c1-25-19-10-6-8-16-12-13-18(26-21(16)19)9-4-5-14-22-15-17-7-2-3-11-20(17)27(22,23)24/h2-3,6-8,10-11,18,23-24H,4-5,9,12-15H2,1H3. The quantitative estimate of drug-likeness (QED) is 0.673. The van der Waals surface area contributed by atoms with E-state index in [9.17, 15) is 9.11 Å².